The van der Waals surface area contributed by atoms with E-state index in [2.05, 4.69) is 0 Å². The van der Waals surface area contributed by atoms with Crippen molar-refractivity contribution in [1.29, 1.82) is 0 Å². The molecule has 6 heteroatoms. The summed E-state index contributed by atoms with van der Waals surface area (Å²) < 4.78 is 0. The molecule has 1 aromatic rings. The number of aromatic carboxylic acids is 1. The summed E-state index contributed by atoms with van der Waals surface area (Å²) in [6, 6.07) is 0.790. The molecule has 5 N–H and O–H groups in total. The third-order valence-corrected chi connectivity index (χ3v) is 2.45. The van der Waals surface area contributed by atoms with Crippen LogP contribution in [0.15, 0.2) is 6.07 Å². The molecule has 1 unspecified atom stereocenters. The first-order valence-electron chi connectivity index (χ1n) is 4.96. The van der Waals surface area contributed by atoms with Gasteiger partial charge in [-0.3, -0.25) is 0 Å². The monoisotopic (exact) mass is 242 g/mol. The molecule has 0 aliphatic rings. The van der Waals surface area contributed by atoms with Gasteiger partial charge in [0, 0.05) is 5.56 Å². The fourth-order valence-electron chi connectivity index (χ4n) is 1.47. The van der Waals surface area contributed by atoms with Gasteiger partial charge in [0.05, 0.1) is 11.7 Å². The number of carboxylic acids is 1. The van der Waals surface area contributed by atoms with Crippen molar-refractivity contribution >= 4 is 5.97 Å². The highest BCUT2D eigenvalue weighted by molar-refractivity contribution is 5.92. The molecule has 0 radical (unpaired) electrons. The van der Waals surface area contributed by atoms with Gasteiger partial charge < -0.3 is 25.5 Å². The number of aromatic hydroxyl groups is 3. The zero-order valence-corrected chi connectivity index (χ0v) is 9.38. The van der Waals surface area contributed by atoms with Gasteiger partial charge in [-0.25, -0.2) is 4.79 Å². The average Bonchev–Trinajstić information content (AvgIpc) is 2.24. The molecule has 94 valence electrons. The molecule has 1 rings (SSSR count). The highest BCUT2D eigenvalue weighted by Gasteiger charge is 2.27. The first-order chi connectivity index (χ1) is 7.77. The number of hydrogen-bond acceptors (Lipinski definition) is 5. The second-order valence-corrected chi connectivity index (χ2v) is 4.05. The Bertz CT molecular complexity index is 452. The summed E-state index contributed by atoms with van der Waals surface area (Å²) in [7, 11) is 0. The van der Waals surface area contributed by atoms with Crippen molar-refractivity contribution in [1.82, 2.24) is 0 Å². The normalized spacial score (nSPS) is 12.7. The van der Waals surface area contributed by atoms with Crippen LogP contribution in [0.1, 0.15) is 35.9 Å². The average molecular weight is 242 g/mol. The molecule has 0 saturated carbocycles. The number of benzene rings is 1. The molecule has 0 amide bonds. The number of phenols is 3. The van der Waals surface area contributed by atoms with Crippen molar-refractivity contribution in [2.75, 3.05) is 0 Å². The number of phenolic OH excluding ortho intramolecular Hbond substituents is 3. The maximum Gasteiger partial charge on any atom is 0.336 e. The number of aliphatic hydroxyl groups excluding tert-OH is 1. The SMILES string of the molecule is CC(C)C(O)c1c(C(=O)O)cc(O)c(O)c1O. The summed E-state index contributed by atoms with van der Waals surface area (Å²) in [6.45, 7) is 3.25. The van der Waals surface area contributed by atoms with Gasteiger partial charge in [0.25, 0.3) is 0 Å². The number of carboxylic acid groups (broad SMARTS) is 1. The van der Waals surface area contributed by atoms with Crippen molar-refractivity contribution in [3.05, 3.63) is 17.2 Å². The van der Waals surface area contributed by atoms with E-state index in [1.807, 2.05) is 0 Å². The van der Waals surface area contributed by atoms with Crippen LogP contribution in [0.5, 0.6) is 17.2 Å². The molecule has 0 aliphatic carbocycles. The zero-order chi connectivity index (χ0) is 13.3. The van der Waals surface area contributed by atoms with Crippen LogP contribution < -0.4 is 0 Å². The van der Waals surface area contributed by atoms with E-state index in [0.29, 0.717) is 0 Å². The molecule has 0 fully saturated rings. The van der Waals surface area contributed by atoms with Gasteiger partial charge in [0.2, 0.25) is 5.75 Å². The highest BCUT2D eigenvalue weighted by Crippen LogP contribution is 2.43. The molecule has 6 nitrogen and oxygen atoms in total. The van der Waals surface area contributed by atoms with Gasteiger partial charge in [-0.1, -0.05) is 13.8 Å². The van der Waals surface area contributed by atoms with E-state index >= 15 is 0 Å². The van der Waals surface area contributed by atoms with E-state index in [4.69, 9.17) is 5.11 Å². The Morgan fingerprint density at radius 3 is 2.12 bits per heavy atom. The van der Waals surface area contributed by atoms with E-state index in [1.54, 1.807) is 13.8 Å². The Labute approximate surface area is 97.4 Å². The van der Waals surface area contributed by atoms with Gasteiger partial charge in [0.15, 0.2) is 11.5 Å². The molecule has 17 heavy (non-hydrogen) atoms. The van der Waals surface area contributed by atoms with Crippen molar-refractivity contribution in [3.8, 4) is 17.2 Å². The van der Waals surface area contributed by atoms with Crippen LogP contribution in [-0.4, -0.2) is 31.5 Å². The molecule has 0 heterocycles. The van der Waals surface area contributed by atoms with Crippen LogP contribution in [-0.2, 0) is 0 Å². The Kier molecular flexibility index (Phi) is 3.47. The molecule has 0 aromatic heterocycles. The van der Waals surface area contributed by atoms with Gasteiger partial charge in [0.1, 0.15) is 0 Å². The van der Waals surface area contributed by atoms with E-state index < -0.39 is 34.9 Å². The Balaban J connectivity index is 3.55. The number of rotatable bonds is 3. The topological polar surface area (TPSA) is 118 Å². The standard InChI is InChI=1S/C11H14O6/c1-4(2)8(13)7-5(11(16)17)3-6(12)9(14)10(7)15/h3-4,8,12-15H,1-2H3,(H,16,17). The van der Waals surface area contributed by atoms with E-state index in [1.165, 1.54) is 0 Å². The van der Waals surface area contributed by atoms with Crippen molar-refractivity contribution in [3.63, 3.8) is 0 Å². The third kappa shape index (κ3) is 2.26. The highest BCUT2D eigenvalue weighted by atomic mass is 16.4. The van der Waals surface area contributed by atoms with Crippen molar-refractivity contribution in [2.45, 2.75) is 20.0 Å². The van der Waals surface area contributed by atoms with Crippen LogP contribution in [0.2, 0.25) is 0 Å². The summed E-state index contributed by atoms with van der Waals surface area (Å²) in [5.41, 5.74) is -0.748. The Morgan fingerprint density at radius 1 is 1.18 bits per heavy atom. The number of hydrogen-bond donors (Lipinski definition) is 5. The lowest BCUT2D eigenvalue weighted by molar-refractivity contribution is 0.0679. The number of aliphatic hydroxyl groups is 1. The van der Waals surface area contributed by atoms with Gasteiger partial charge in [-0.05, 0) is 12.0 Å². The quantitative estimate of drug-likeness (QED) is 0.508. The van der Waals surface area contributed by atoms with Gasteiger partial charge >= 0.3 is 5.97 Å². The third-order valence-electron chi connectivity index (χ3n) is 2.45. The molecule has 1 atom stereocenters. The van der Waals surface area contributed by atoms with Crippen LogP contribution in [0.25, 0.3) is 0 Å². The summed E-state index contributed by atoms with van der Waals surface area (Å²) >= 11 is 0. The van der Waals surface area contributed by atoms with Crippen LogP contribution >= 0.6 is 0 Å². The van der Waals surface area contributed by atoms with E-state index in [0.717, 1.165) is 6.07 Å². The lowest BCUT2D eigenvalue weighted by atomic mass is 9.93. The second-order valence-electron chi connectivity index (χ2n) is 4.05. The van der Waals surface area contributed by atoms with Crippen molar-refractivity contribution in [2.24, 2.45) is 5.92 Å². The zero-order valence-electron chi connectivity index (χ0n) is 9.38. The maximum absolute atomic E-state index is 10.9. The van der Waals surface area contributed by atoms with Gasteiger partial charge in [-0.2, -0.15) is 0 Å². The summed E-state index contributed by atoms with van der Waals surface area (Å²) in [6.07, 6.45) is -1.26. The fourth-order valence-corrected chi connectivity index (χ4v) is 1.47. The minimum atomic E-state index is -1.41. The minimum Gasteiger partial charge on any atom is -0.504 e. The Morgan fingerprint density at radius 2 is 1.71 bits per heavy atom. The summed E-state index contributed by atoms with van der Waals surface area (Å²) in [5.74, 6) is -4.18. The summed E-state index contributed by atoms with van der Waals surface area (Å²) in [5, 5.41) is 46.9. The fraction of sp³-hybridized carbons (Fsp3) is 0.364. The first-order valence-corrected chi connectivity index (χ1v) is 4.96. The second kappa shape index (κ2) is 4.50. The molecule has 0 spiro atoms. The molecule has 1 aromatic carbocycles. The van der Waals surface area contributed by atoms with Crippen LogP contribution in [0, 0.1) is 5.92 Å². The minimum absolute atomic E-state index is 0.303. The molecule has 0 saturated heterocycles. The molecular weight excluding hydrogens is 228 g/mol. The summed E-state index contributed by atoms with van der Waals surface area (Å²) in [4.78, 5) is 10.9. The lowest BCUT2D eigenvalue weighted by Crippen LogP contribution is -2.12. The van der Waals surface area contributed by atoms with Crippen LogP contribution in [0.3, 0.4) is 0 Å². The van der Waals surface area contributed by atoms with E-state index in [-0.39, 0.29) is 11.5 Å². The first kappa shape index (κ1) is 13.1. The lowest BCUT2D eigenvalue weighted by Gasteiger charge is -2.19. The van der Waals surface area contributed by atoms with E-state index in [9.17, 15) is 25.2 Å². The molecular formula is C11H14O6. The largest absolute Gasteiger partial charge is 0.504 e. The molecule has 0 aliphatic heterocycles. The van der Waals surface area contributed by atoms with Crippen molar-refractivity contribution < 1.29 is 30.3 Å². The van der Waals surface area contributed by atoms with Crippen LogP contribution in [0.4, 0.5) is 0 Å². The maximum atomic E-state index is 10.9. The predicted molar refractivity (Wildman–Crippen MR) is 58.2 cm³/mol. The predicted octanol–water partition coefficient (Wildman–Crippen LogP) is 1.19. The molecule has 0 bridgehead atoms. The Hall–Kier alpha value is -1.95. The van der Waals surface area contributed by atoms with Gasteiger partial charge in [-0.15, -0.1) is 0 Å². The smallest absolute Gasteiger partial charge is 0.336 e. The number of carbonyl (C=O) groups is 1.